The molecule has 6 heteroatoms. The van der Waals surface area contributed by atoms with Crippen molar-refractivity contribution in [2.45, 2.75) is 26.4 Å². The Labute approximate surface area is 146 Å². The number of hydrogen-bond donors (Lipinski definition) is 1. The smallest absolute Gasteiger partial charge is 0.269 e. The van der Waals surface area contributed by atoms with Gasteiger partial charge in [0.15, 0.2) is 5.60 Å². The zero-order chi connectivity index (χ0) is 16.3. The second-order valence-electron chi connectivity index (χ2n) is 5.28. The lowest BCUT2D eigenvalue weighted by molar-refractivity contribution is -0.128. The molecule has 0 fully saturated rings. The van der Waals surface area contributed by atoms with Crippen LogP contribution in [0.2, 0.25) is 0 Å². The zero-order valence-electron chi connectivity index (χ0n) is 12.5. The van der Waals surface area contributed by atoms with Gasteiger partial charge in [0, 0.05) is 8.95 Å². The van der Waals surface area contributed by atoms with Crippen LogP contribution in [-0.2, 0) is 4.79 Å². The summed E-state index contributed by atoms with van der Waals surface area (Å²) in [6, 6.07) is 10.9. The number of pyridine rings is 1. The highest BCUT2D eigenvalue weighted by atomic mass is 79.9. The first-order valence-electron chi connectivity index (χ1n) is 6.67. The molecule has 2 rings (SSSR count). The summed E-state index contributed by atoms with van der Waals surface area (Å²) in [4.78, 5) is 16.7. The lowest BCUT2D eigenvalue weighted by atomic mass is 10.1. The lowest BCUT2D eigenvalue weighted by Gasteiger charge is -2.25. The number of aromatic nitrogens is 1. The van der Waals surface area contributed by atoms with Crippen LogP contribution in [0, 0.1) is 6.92 Å². The van der Waals surface area contributed by atoms with E-state index in [0.29, 0.717) is 11.6 Å². The third-order valence-electron chi connectivity index (χ3n) is 3.00. The fourth-order valence-electron chi connectivity index (χ4n) is 1.72. The third kappa shape index (κ3) is 4.30. The van der Waals surface area contributed by atoms with Gasteiger partial charge in [0.05, 0.1) is 5.69 Å². The number of carbonyl (C=O) groups is 1. The summed E-state index contributed by atoms with van der Waals surface area (Å²) in [5.41, 5.74) is -0.208. The molecule has 0 bridgehead atoms. The van der Waals surface area contributed by atoms with Gasteiger partial charge in [0.1, 0.15) is 11.6 Å². The van der Waals surface area contributed by atoms with E-state index in [9.17, 15) is 4.79 Å². The summed E-state index contributed by atoms with van der Waals surface area (Å²) in [7, 11) is 0. The summed E-state index contributed by atoms with van der Waals surface area (Å²) in [5.74, 6) is 0.867. The number of amides is 1. The van der Waals surface area contributed by atoms with Crippen molar-refractivity contribution in [3.63, 3.8) is 0 Å². The summed E-state index contributed by atoms with van der Waals surface area (Å²) in [5, 5.41) is 2.78. The average molecular weight is 428 g/mol. The zero-order valence-corrected chi connectivity index (χ0v) is 15.7. The maximum atomic E-state index is 12.4. The molecule has 0 spiro atoms. The van der Waals surface area contributed by atoms with Crippen LogP contribution in [0.1, 0.15) is 19.5 Å². The van der Waals surface area contributed by atoms with Gasteiger partial charge in [0.25, 0.3) is 5.91 Å². The molecule has 1 aromatic carbocycles. The lowest BCUT2D eigenvalue weighted by Crippen LogP contribution is -2.42. The van der Waals surface area contributed by atoms with E-state index >= 15 is 0 Å². The van der Waals surface area contributed by atoms with E-state index in [2.05, 4.69) is 42.2 Å². The Kier molecular flexibility index (Phi) is 5.24. The topological polar surface area (TPSA) is 51.2 Å². The number of nitrogens with zero attached hydrogens (tertiary/aromatic N) is 1. The highest BCUT2D eigenvalue weighted by molar-refractivity contribution is 9.10. The SMILES string of the molecule is Cc1nc(NC(=O)C(C)(C)Oc2ccc(Br)cc2)ccc1Br. The Balaban J connectivity index is 2.09. The molecule has 0 unspecified atom stereocenters. The van der Waals surface area contributed by atoms with Crippen molar-refractivity contribution in [1.82, 2.24) is 4.98 Å². The minimum Gasteiger partial charge on any atom is -0.478 e. The highest BCUT2D eigenvalue weighted by Gasteiger charge is 2.30. The molecule has 1 N–H and O–H groups in total. The quantitative estimate of drug-likeness (QED) is 0.768. The van der Waals surface area contributed by atoms with E-state index in [1.54, 1.807) is 32.0 Å². The van der Waals surface area contributed by atoms with Gasteiger partial charge in [-0.15, -0.1) is 0 Å². The van der Waals surface area contributed by atoms with Crippen molar-refractivity contribution < 1.29 is 9.53 Å². The van der Waals surface area contributed by atoms with Crippen molar-refractivity contribution in [3.05, 3.63) is 51.0 Å². The number of nitrogens with one attached hydrogen (secondary N) is 1. The van der Waals surface area contributed by atoms with Crippen LogP contribution < -0.4 is 10.1 Å². The van der Waals surface area contributed by atoms with Gasteiger partial charge in [-0.05, 0) is 73.1 Å². The normalized spacial score (nSPS) is 11.1. The van der Waals surface area contributed by atoms with Gasteiger partial charge in [-0.1, -0.05) is 15.9 Å². The van der Waals surface area contributed by atoms with Gasteiger partial charge < -0.3 is 10.1 Å². The number of aryl methyl sites for hydroxylation is 1. The van der Waals surface area contributed by atoms with E-state index < -0.39 is 5.60 Å². The van der Waals surface area contributed by atoms with E-state index in [0.717, 1.165) is 14.6 Å². The molecule has 1 amide bonds. The second kappa shape index (κ2) is 6.79. The monoisotopic (exact) mass is 426 g/mol. The standard InChI is InChI=1S/C16H16Br2N2O2/c1-10-13(18)8-9-14(19-10)20-15(21)16(2,3)22-12-6-4-11(17)5-7-12/h4-9H,1-3H3,(H,19,20,21). The number of carbonyl (C=O) groups excluding carboxylic acids is 1. The number of ether oxygens (including phenoxy) is 1. The van der Waals surface area contributed by atoms with Crippen molar-refractivity contribution in [2.75, 3.05) is 5.32 Å². The molecular weight excluding hydrogens is 412 g/mol. The Morgan fingerprint density at radius 2 is 1.77 bits per heavy atom. The number of rotatable bonds is 4. The summed E-state index contributed by atoms with van der Waals surface area (Å²) < 4.78 is 7.63. The van der Waals surface area contributed by atoms with Gasteiger partial charge in [-0.2, -0.15) is 0 Å². The molecule has 4 nitrogen and oxygen atoms in total. The summed E-state index contributed by atoms with van der Waals surface area (Å²) >= 11 is 6.75. The van der Waals surface area contributed by atoms with Gasteiger partial charge >= 0.3 is 0 Å². The molecule has 0 aliphatic carbocycles. The molecule has 116 valence electrons. The van der Waals surface area contributed by atoms with Crippen molar-refractivity contribution >= 4 is 43.6 Å². The van der Waals surface area contributed by atoms with Gasteiger partial charge in [0.2, 0.25) is 0 Å². The van der Waals surface area contributed by atoms with Crippen LogP contribution in [0.15, 0.2) is 45.3 Å². The fraction of sp³-hybridized carbons (Fsp3) is 0.250. The second-order valence-corrected chi connectivity index (χ2v) is 7.05. The van der Waals surface area contributed by atoms with E-state index in [1.807, 2.05) is 25.1 Å². The third-order valence-corrected chi connectivity index (χ3v) is 4.36. The Morgan fingerprint density at radius 1 is 1.14 bits per heavy atom. The van der Waals surface area contributed by atoms with E-state index in [4.69, 9.17) is 4.74 Å². The first-order valence-corrected chi connectivity index (χ1v) is 8.26. The summed E-state index contributed by atoms with van der Waals surface area (Å²) in [6.07, 6.45) is 0. The molecule has 0 radical (unpaired) electrons. The molecule has 1 aromatic heterocycles. The highest BCUT2D eigenvalue weighted by Crippen LogP contribution is 2.23. The molecule has 1 heterocycles. The Morgan fingerprint density at radius 3 is 2.36 bits per heavy atom. The first-order chi connectivity index (χ1) is 10.3. The van der Waals surface area contributed by atoms with Crippen LogP contribution >= 0.6 is 31.9 Å². The molecule has 0 saturated heterocycles. The summed E-state index contributed by atoms with van der Waals surface area (Å²) in [6.45, 7) is 5.30. The van der Waals surface area contributed by atoms with Crippen LogP contribution in [0.3, 0.4) is 0 Å². The Bertz CT molecular complexity index is 685. The van der Waals surface area contributed by atoms with Gasteiger partial charge in [-0.25, -0.2) is 4.98 Å². The molecule has 0 saturated carbocycles. The predicted octanol–water partition coefficient (Wildman–Crippen LogP) is 4.71. The molecule has 0 atom stereocenters. The molecular formula is C16H16Br2N2O2. The van der Waals surface area contributed by atoms with E-state index in [1.165, 1.54) is 0 Å². The predicted molar refractivity (Wildman–Crippen MR) is 94.2 cm³/mol. The minimum atomic E-state index is -1.02. The fourth-order valence-corrected chi connectivity index (χ4v) is 2.21. The molecule has 2 aromatic rings. The number of hydrogen-bond acceptors (Lipinski definition) is 3. The first kappa shape index (κ1) is 17.0. The number of anilines is 1. The molecule has 22 heavy (non-hydrogen) atoms. The van der Waals surface area contributed by atoms with Crippen LogP contribution in [0.4, 0.5) is 5.82 Å². The Hall–Kier alpha value is -1.40. The van der Waals surface area contributed by atoms with Gasteiger partial charge in [-0.3, -0.25) is 4.79 Å². The number of halogens is 2. The molecule has 0 aliphatic rings. The minimum absolute atomic E-state index is 0.260. The maximum absolute atomic E-state index is 12.4. The average Bonchev–Trinajstić information content (AvgIpc) is 2.45. The van der Waals surface area contributed by atoms with Crippen molar-refractivity contribution in [2.24, 2.45) is 0 Å². The van der Waals surface area contributed by atoms with Crippen molar-refractivity contribution in [3.8, 4) is 5.75 Å². The van der Waals surface area contributed by atoms with Crippen molar-refractivity contribution in [1.29, 1.82) is 0 Å². The largest absolute Gasteiger partial charge is 0.478 e. The van der Waals surface area contributed by atoms with Crippen LogP contribution in [-0.4, -0.2) is 16.5 Å². The van der Waals surface area contributed by atoms with Crippen LogP contribution in [0.25, 0.3) is 0 Å². The van der Waals surface area contributed by atoms with E-state index in [-0.39, 0.29) is 5.91 Å². The van der Waals surface area contributed by atoms with Crippen LogP contribution in [0.5, 0.6) is 5.75 Å². The number of benzene rings is 1. The maximum Gasteiger partial charge on any atom is 0.269 e. The molecule has 0 aliphatic heterocycles.